The largest absolute Gasteiger partial charge is 0.459 e. The van der Waals surface area contributed by atoms with Gasteiger partial charge in [-0.2, -0.15) is 0 Å². The molecule has 19 atom stereocenters. The van der Waals surface area contributed by atoms with Crippen LogP contribution in [0.5, 0.6) is 0 Å². The van der Waals surface area contributed by atoms with Gasteiger partial charge in [-0.1, -0.05) is 74.5 Å². The summed E-state index contributed by atoms with van der Waals surface area (Å²) in [5.74, 6) is -2.85. The van der Waals surface area contributed by atoms with E-state index in [1.165, 1.54) is 14.0 Å². The second-order valence-corrected chi connectivity index (χ2v) is 23.7. The van der Waals surface area contributed by atoms with Crippen molar-refractivity contribution in [1.82, 2.24) is 29.8 Å². The minimum Gasteiger partial charge on any atom is -0.459 e. The Morgan fingerprint density at radius 1 is 0.936 bits per heavy atom. The number of benzene rings is 2. The molecule has 0 bridgehead atoms. The van der Waals surface area contributed by atoms with Gasteiger partial charge in [-0.15, -0.1) is 5.10 Å². The molecule has 19 heteroatoms. The first-order valence-corrected chi connectivity index (χ1v) is 28.0. The maximum absolute atomic E-state index is 14.7. The van der Waals surface area contributed by atoms with Crippen LogP contribution in [0.2, 0.25) is 0 Å². The molecule has 0 aliphatic carbocycles. The number of carbonyl (C=O) groups excluding carboxylic acids is 1. The zero-order chi connectivity index (χ0) is 57.0. The topological polar surface area (TPSA) is 224 Å². The van der Waals surface area contributed by atoms with Gasteiger partial charge in [0.2, 0.25) is 0 Å². The lowest BCUT2D eigenvalue weighted by Crippen LogP contribution is -2.61. The number of carbonyl (C=O) groups is 1. The van der Waals surface area contributed by atoms with Crippen molar-refractivity contribution in [2.24, 2.45) is 17.8 Å². The monoisotopic (exact) mass is 1090 g/mol. The molecule has 18 nitrogen and oxygen atoms in total. The first kappa shape index (κ1) is 61.5. The molecular weight excluding hydrogens is 1000 g/mol. The minimum atomic E-state index is -1.85. The molecule has 3 aliphatic heterocycles. The highest BCUT2D eigenvalue weighted by Crippen LogP contribution is 2.41. The van der Waals surface area contributed by atoms with E-state index in [4.69, 9.17) is 28.4 Å². The zero-order valence-electron chi connectivity index (χ0n) is 48.1. The van der Waals surface area contributed by atoms with E-state index in [0.717, 1.165) is 27.5 Å². The minimum absolute atomic E-state index is 0.0881. The highest BCUT2D eigenvalue weighted by Gasteiger charge is 2.53. The molecule has 0 radical (unpaired) electrons. The molecule has 3 aliphatic rings. The molecular formula is C59H89FN6O12. The van der Waals surface area contributed by atoms with Gasteiger partial charge in [-0.05, 0) is 111 Å². The lowest BCUT2D eigenvalue weighted by atomic mass is 9.77. The summed E-state index contributed by atoms with van der Waals surface area (Å²) < 4.78 is 54.7. The molecule has 5 N–H and O–H groups in total. The molecule has 4 aromatic rings. The third kappa shape index (κ3) is 13.8. The number of hydrogen-bond donors (Lipinski definition) is 5. The number of esters is 1. The van der Waals surface area contributed by atoms with E-state index in [9.17, 15) is 34.7 Å². The molecule has 434 valence electrons. The molecule has 3 saturated heterocycles. The molecule has 2 aromatic heterocycles. The third-order valence-electron chi connectivity index (χ3n) is 17.3. The fourth-order valence-electron chi connectivity index (χ4n) is 12.4. The van der Waals surface area contributed by atoms with Crippen LogP contribution in [0.1, 0.15) is 112 Å². The Labute approximate surface area is 460 Å². The van der Waals surface area contributed by atoms with Crippen LogP contribution in [-0.2, 0) is 46.1 Å². The van der Waals surface area contributed by atoms with E-state index in [1.807, 2.05) is 99.5 Å². The Bertz CT molecular complexity index is 2550. The standard InChI is InChI=1S/C59H89FN6O12/c1-14-48-59(10,72)52(68)38(6)65(12)32-34(2)27-57(8,71)54(36(4)51(37(5)55(70)76-48)77-49-28-58(9,73-13)53(69)39(7)75-49)78-56-50(67)47(25-35(3)74-56)64(11)24-23-43-33-66(63-62-43)44(29-60)26-40-19-21-41(22-20-40)46-31-61-30-42-17-15-16-18-45(42)46/h15-22,30-31,33-39,44,47-54,56,67-69,71-72H,14,23-29,32H2,1-13H3/t34-,35-,36+,37-,38-,39+,44+,47+,48-,49+,50-,51+,52-,53+,54-,56+,57-,58-,59-/m1/s1. The van der Waals surface area contributed by atoms with Crippen LogP contribution in [-0.4, -0.2) is 193 Å². The molecule has 78 heavy (non-hydrogen) atoms. The van der Waals surface area contributed by atoms with Crippen molar-refractivity contribution in [2.45, 2.75) is 204 Å². The molecule has 0 spiro atoms. The number of ether oxygens (including phenoxy) is 6. The van der Waals surface area contributed by atoms with E-state index >= 15 is 0 Å². The average molecular weight is 1090 g/mol. The van der Waals surface area contributed by atoms with Gasteiger partial charge in [-0.3, -0.25) is 9.78 Å². The van der Waals surface area contributed by atoms with Gasteiger partial charge >= 0.3 is 5.97 Å². The van der Waals surface area contributed by atoms with Crippen molar-refractivity contribution in [3.63, 3.8) is 0 Å². The number of aromatic nitrogens is 4. The van der Waals surface area contributed by atoms with Crippen LogP contribution >= 0.6 is 0 Å². The number of halogens is 1. The summed E-state index contributed by atoms with van der Waals surface area (Å²) in [6.45, 7) is 17.7. The van der Waals surface area contributed by atoms with Gasteiger partial charge in [0.25, 0.3) is 0 Å². The van der Waals surface area contributed by atoms with E-state index in [0.29, 0.717) is 38.0 Å². The number of fused-ring (bicyclic) bond motifs is 1. The zero-order valence-corrected chi connectivity index (χ0v) is 48.1. The quantitative estimate of drug-likeness (QED) is 0.0852. The predicted octanol–water partition coefficient (Wildman–Crippen LogP) is 6.07. The van der Waals surface area contributed by atoms with Crippen molar-refractivity contribution in [3.8, 4) is 11.1 Å². The number of rotatable bonds is 15. The smallest absolute Gasteiger partial charge is 0.311 e. The number of aliphatic hydroxyl groups excluding tert-OH is 3. The van der Waals surface area contributed by atoms with Crippen molar-refractivity contribution in [2.75, 3.05) is 41.0 Å². The van der Waals surface area contributed by atoms with Crippen LogP contribution in [0.25, 0.3) is 21.9 Å². The molecule has 7 rings (SSSR count). The number of hydrogen-bond acceptors (Lipinski definition) is 17. The van der Waals surface area contributed by atoms with E-state index in [2.05, 4.69) is 21.4 Å². The van der Waals surface area contributed by atoms with Crippen molar-refractivity contribution >= 4 is 16.7 Å². The number of pyridine rings is 1. The highest BCUT2D eigenvalue weighted by molar-refractivity contribution is 5.95. The van der Waals surface area contributed by atoms with Crippen LogP contribution in [0, 0.1) is 17.8 Å². The Hall–Kier alpha value is -4.09. The Morgan fingerprint density at radius 2 is 1.64 bits per heavy atom. The first-order valence-electron chi connectivity index (χ1n) is 28.0. The number of aliphatic hydroxyl groups is 5. The maximum atomic E-state index is 14.7. The van der Waals surface area contributed by atoms with E-state index in [-0.39, 0.29) is 25.2 Å². The van der Waals surface area contributed by atoms with Crippen LogP contribution in [0.4, 0.5) is 4.39 Å². The van der Waals surface area contributed by atoms with Crippen molar-refractivity contribution in [1.29, 1.82) is 0 Å². The summed E-state index contributed by atoms with van der Waals surface area (Å²) >= 11 is 0. The third-order valence-corrected chi connectivity index (χ3v) is 17.3. The number of cyclic esters (lactones) is 1. The molecule has 0 saturated carbocycles. The fraction of sp³-hybridized carbons (Fsp3) is 0.695. The number of nitrogens with zero attached hydrogens (tertiary/aromatic N) is 6. The van der Waals surface area contributed by atoms with Crippen LogP contribution in [0.3, 0.4) is 0 Å². The normalized spacial score (nSPS) is 37.4. The number of likely N-dealkylation sites (N-methyl/N-ethyl adjacent to an activating group) is 2. The van der Waals surface area contributed by atoms with Gasteiger partial charge in [0.1, 0.15) is 36.7 Å². The van der Waals surface area contributed by atoms with E-state index < -0.39 is 121 Å². The Kier molecular flexibility index (Phi) is 20.3. The molecule has 0 amide bonds. The lowest BCUT2D eigenvalue weighted by molar-refractivity contribution is -0.318. The van der Waals surface area contributed by atoms with Gasteiger partial charge in [-0.25, -0.2) is 9.07 Å². The SMILES string of the molecule is CC[C@H]1OC(=O)[C@H](C)[C@@H](O[C@H]2C[C@@](C)(OC)[C@@H](O)[C@H](C)O2)[C@H](C)[C@@H](O[C@@H]2O[C@H](C)C[C@H](N(C)CCc3cn([C@H](CF)Cc4ccc(-c5cncc6ccccc56)cc4)nn3)[C@H]2O)[C@](C)(O)C[C@@H](C)CN(C)[C@H](C)[C@@H](O)[C@]1(C)O. The summed E-state index contributed by atoms with van der Waals surface area (Å²) in [4.78, 5) is 22.9. The van der Waals surface area contributed by atoms with Gasteiger partial charge in [0.15, 0.2) is 12.6 Å². The molecule has 3 fully saturated rings. The fourth-order valence-corrected chi connectivity index (χ4v) is 12.4. The van der Waals surface area contributed by atoms with Crippen LogP contribution < -0.4 is 0 Å². The average Bonchev–Trinajstić information content (AvgIpc) is 3.99. The summed E-state index contributed by atoms with van der Waals surface area (Å²) in [5, 5.41) is 70.9. The van der Waals surface area contributed by atoms with Gasteiger partial charge in [0, 0.05) is 80.6 Å². The predicted molar refractivity (Wildman–Crippen MR) is 293 cm³/mol. The second-order valence-electron chi connectivity index (χ2n) is 23.7. The Balaban J connectivity index is 1.10. The van der Waals surface area contributed by atoms with Crippen molar-refractivity contribution < 1.29 is 63.1 Å². The lowest BCUT2D eigenvalue weighted by Gasteiger charge is -2.49. The second kappa shape index (κ2) is 25.8. The molecule has 0 unspecified atom stereocenters. The summed E-state index contributed by atoms with van der Waals surface area (Å²) in [6.07, 6.45) is -3.01. The first-order chi connectivity index (χ1) is 36.8. The molecule has 5 heterocycles. The Morgan fingerprint density at radius 3 is 2.32 bits per heavy atom. The van der Waals surface area contributed by atoms with Gasteiger partial charge in [0.05, 0.1) is 53.3 Å². The molecule has 2 aromatic carbocycles. The van der Waals surface area contributed by atoms with Crippen LogP contribution in [0.15, 0.2) is 67.1 Å². The summed E-state index contributed by atoms with van der Waals surface area (Å²) in [7, 11) is 5.24. The number of alkyl halides is 1. The van der Waals surface area contributed by atoms with Gasteiger partial charge < -0.3 is 63.8 Å². The maximum Gasteiger partial charge on any atom is 0.311 e. The van der Waals surface area contributed by atoms with E-state index in [1.54, 1.807) is 52.4 Å². The number of methoxy groups -OCH3 is 1. The highest BCUT2D eigenvalue weighted by atomic mass is 19.1. The summed E-state index contributed by atoms with van der Waals surface area (Å²) in [6, 6.07) is 14.6. The summed E-state index contributed by atoms with van der Waals surface area (Å²) in [5.41, 5.74) is -0.911. The van der Waals surface area contributed by atoms with Crippen molar-refractivity contribution in [3.05, 3.63) is 78.4 Å².